The molecule has 0 fully saturated rings. The molecule has 0 saturated heterocycles. The van der Waals surface area contributed by atoms with Gasteiger partial charge in [0, 0.05) is 5.22 Å². The number of nitrogens with one attached hydrogen (secondary N) is 1. The van der Waals surface area contributed by atoms with Crippen LogP contribution in [-0.4, -0.2) is 5.66 Å². The molecule has 0 aromatic heterocycles. The number of fused-ring (bicyclic) bond motifs is 1. The van der Waals surface area contributed by atoms with E-state index in [1.54, 1.807) is 6.20 Å². The van der Waals surface area contributed by atoms with E-state index in [9.17, 15) is 0 Å². The van der Waals surface area contributed by atoms with Crippen molar-refractivity contribution in [3.8, 4) is 0 Å². The second-order valence-corrected chi connectivity index (χ2v) is 5.78. The van der Waals surface area contributed by atoms with Crippen LogP contribution in [0.4, 0.5) is 0 Å². The van der Waals surface area contributed by atoms with E-state index in [2.05, 4.69) is 50.9 Å². The first kappa shape index (κ1) is 14.8. The predicted molar refractivity (Wildman–Crippen MR) is 85.9 cm³/mol. The van der Waals surface area contributed by atoms with Crippen LogP contribution in [0.5, 0.6) is 0 Å². The third-order valence-electron chi connectivity index (χ3n) is 4.22. The Labute approximate surface area is 122 Å². The molecular weight excluding hydrogens is 244 g/mol. The van der Waals surface area contributed by atoms with Gasteiger partial charge < -0.3 is 5.32 Å². The number of nitrogens with zero attached hydrogens (tertiary/aromatic N) is 1. The lowest BCUT2D eigenvalue weighted by Gasteiger charge is -2.29. The molecule has 1 unspecified atom stereocenters. The highest BCUT2D eigenvalue weighted by Crippen LogP contribution is 2.27. The van der Waals surface area contributed by atoms with Crippen LogP contribution in [0.3, 0.4) is 0 Å². The lowest BCUT2D eigenvalue weighted by molar-refractivity contribution is 0.425. The molecule has 1 N–H and O–H groups in total. The maximum Gasteiger partial charge on any atom is 0.152 e. The van der Waals surface area contributed by atoms with E-state index in [0.29, 0.717) is 0 Å². The molecule has 1 aromatic rings. The molecule has 2 heteroatoms. The van der Waals surface area contributed by atoms with Gasteiger partial charge >= 0.3 is 0 Å². The summed E-state index contributed by atoms with van der Waals surface area (Å²) in [5, 5.41) is 5.81. The largest absolute Gasteiger partial charge is 0.364 e. The molecule has 0 bridgehead atoms. The van der Waals surface area contributed by atoms with E-state index in [0.717, 1.165) is 11.8 Å². The zero-order valence-corrected chi connectivity index (χ0v) is 13.0. The lowest BCUT2D eigenvalue weighted by atomic mass is 9.94. The first-order chi connectivity index (χ1) is 9.63. The fraction of sp³-hybridized carbons (Fsp3) is 0.500. The van der Waals surface area contributed by atoms with E-state index in [-0.39, 0.29) is 5.66 Å². The van der Waals surface area contributed by atoms with E-state index in [4.69, 9.17) is 4.99 Å². The fourth-order valence-electron chi connectivity index (χ4n) is 2.99. The van der Waals surface area contributed by atoms with Crippen molar-refractivity contribution < 1.29 is 0 Å². The molecule has 0 saturated carbocycles. The molecule has 1 aliphatic heterocycles. The SMILES string of the molecule is C=CNC1(CCCCCC)N=c2ccc(C)cc2=C1C. The summed E-state index contributed by atoms with van der Waals surface area (Å²) in [6, 6.07) is 6.51. The second kappa shape index (κ2) is 6.25. The minimum absolute atomic E-state index is 0.272. The number of benzene rings is 1. The molecule has 0 amide bonds. The van der Waals surface area contributed by atoms with Gasteiger partial charge in [0.25, 0.3) is 0 Å². The Balaban J connectivity index is 2.33. The third kappa shape index (κ3) is 2.79. The van der Waals surface area contributed by atoms with Gasteiger partial charge in [0.2, 0.25) is 0 Å². The summed E-state index contributed by atoms with van der Waals surface area (Å²) in [4.78, 5) is 4.97. The molecule has 2 nitrogen and oxygen atoms in total. The zero-order chi connectivity index (χ0) is 14.6. The number of unbranched alkanes of at least 4 members (excludes halogenated alkanes) is 3. The summed E-state index contributed by atoms with van der Waals surface area (Å²) >= 11 is 0. The van der Waals surface area contributed by atoms with Gasteiger partial charge in [0.1, 0.15) is 0 Å². The molecule has 0 aliphatic carbocycles. The third-order valence-corrected chi connectivity index (χ3v) is 4.22. The van der Waals surface area contributed by atoms with Crippen LogP contribution in [0.25, 0.3) is 5.57 Å². The Morgan fingerprint density at radius 2 is 2.05 bits per heavy atom. The number of hydrogen-bond acceptors (Lipinski definition) is 2. The summed E-state index contributed by atoms with van der Waals surface area (Å²) in [5.74, 6) is 0. The highest BCUT2D eigenvalue weighted by Gasteiger charge is 2.33. The van der Waals surface area contributed by atoms with Crippen molar-refractivity contribution in [3.63, 3.8) is 0 Å². The molecule has 1 aromatic carbocycles. The summed E-state index contributed by atoms with van der Waals surface area (Å²) in [6.07, 6.45) is 7.86. The minimum Gasteiger partial charge on any atom is -0.364 e. The average Bonchev–Trinajstić information content (AvgIpc) is 2.69. The maximum atomic E-state index is 4.97. The Hall–Kier alpha value is -1.57. The molecule has 1 aliphatic rings. The standard InChI is InChI=1S/C18H26N2/c1-5-7-8-9-12-18(19-6-2)15(4)16-13-14(3)10-11-17(16)20-18/h6,10-11,13,19H,2,5,7-9,12H2,1,3-4H3. The van der Waals surface area contributed by atoms with Gasteiger partial charge in [-0.1, -0.05) is 44.4 Å². The Morgan fingerprint density at radius 1 is 1.25 bits per heavy atom. The number of aryl methyl sites for hydroxylation is 1. The molecule has 2 rings (SSSR count). The Kier molecular flexibility index (Phi) is 4.64. The van der Waals surface area contributed by atoms with Crippen LogP contribution in [0.1, 0.15) is 51.5 Å². The predicted octanol–water partition coefficient (Wildman–Crippen LogP) is 3.20. The lowest BCUT2D eigenvalue weighted by Crippen LogP contribution is -2.40. The molecule has 108 valence electrons. The molecular formula is C18H26N2. The summed E-state index contributed by atoms with van der Waals surface area (Å²) in [6.45, 7) is 10.4. The Bertz CT molecular complexity index is 600. The normalized spacial score (nSPS) is 20.4. The maximum absolute atomic E-state index is 4.97. The van der Waals surface area contributed by atoms with Crippen molar-refractivity contribution in [1.82, 2.24) is 5.32 Å². The molecule has 0 spiro atoms. The van der Waals surface area contributed by atoms with Gasteiger partial charge in [0.15, 0.2) is 5.66 Å². The van der Waals surface area contributed by atoms with E-state index < -0.39 is 0 Å². The van der Waals surface area contributed by atoms with Crippen molar-refractivity contribution in [2.24, 2.45) is 4.99 Å². The topological polar surface area (TPSA) is 24.4 Å². The van der Waals surface area contributed by atoms with E-state index in [1.165, 1.54) is 42.0 Å². The monoisotopic (exact) mass is 270 g/mol. The molecule has 1 heterocycles. The van der Waals surface area contributed by atoms with Crippen molar-refractivity contribution in [3.05, 3.63) is 47.1 Å². The van der Waals surface area contributed by atoms with Gasteiger partial charge in [0.05, 0.1) is 5.36 Å². The second-order valence-electron chi connectivity index (χ2n) is 5.78. The van der Waals surface area contributed by atoms with Crippen molar-refractivity contribution in [1.29, 1.82) is 0 Å². The molecule has 0 radical (unpaired) electrons. The highest BCUT2D eigenvalue weighted by atomic mass is 15.1. The van der Waals surface area contributed by atoms with E-state index >= 15 is 0 Å². The first-order valence-electron chi connectivity index (χ1n) is 7.69. The minimum atomic E-state index is -0.272. The summed E-state index contributed by atoms with van der Waals surface area (Å²) < 4.78 is 0. The van der Waals surface area contributed by atoms with Gasteiger partial charge in [-0.25, -0.2) is 0 Å². The summed E-state index contributed by atoms with van der Waals surface area (Å²) in [7, 11) is 0. The van der Waals surface area contributed by atoms with Gasteiger partial charge in [-0.2, -0.15) is 0 Å². The smallest absolute Gasteiger partial charge is 0.152 e. The number of hydrogen-bond donors (Lipinski definition) is 1. The Morgan fingerprint density at radius 3 is 2.75 bits per heavy atom. The van der Waals surface area contributed by atoms with Crippen LogP contribution in [0.2, 0.25) is 0 Å². The van der Waals surface area contributed by atoms with Gasteiger partial charge in [-0.05, 0) is 50.6 Å². The van der Waals surface area contributed by atoms with Gasteiger partial charge in [-0.3, -0.25) is 4.99 Å². The quantitative estimate of drug-likeness (QED) is 0.756. The number of rotatable bonds is 7. The van der Waals surface area contributed by atoms with Crippen molar-refractivity contribution in [2.75, 3.05) is 0 Å². The van der Waals surface area contributed by atoms with Crippen LogP contribution >= 0.6 is 0 Å². The average molecular weight is 270 g/mol. The summed E-state index contributed by atoms with van der Waals surface area (Å²) in [5.41, 5.74) is 2.34. The van der Waals surface area contributed by atoms with Crippen LogP contribution < -0.4 is 15.9 Å². The van der Waals surface area contributed by atoms with Crippen LogP contribution in [-0.2, 0) is 0 Å². The first-order valence-corrected chi connectivity index (χ1v) is 7.69. The van der Waals surface area contributed by atoms with Crippen LogP contribution in [0, 0.1) is 6.92 Å². The zero-order valence-electron chi connectivity index (χ0n) is 13.0. The van der Waals surface area contributed by atoms with Crippen LogP contribution in [0.15, 0.2) is 36.0 Å². The molecule has 1 atom stereocenters. The fourth-order valence-corrected chi connectivity index (χ4v) is 2.99. The van der Waals surface area contributed by atoms with Crippen molar-refractivity contribution >= 4 is 5.57 Å². The highest BCUT2D eigenvalue weighted by molar-refractivity contribution is 5.56. The van der Waals surface area contributed by atoms with Gasteiger partial charge in [-0.15, -0.1) is 0 Å². The molecule has 20 heavy (non-hydrogen) atoms. The van der Waals surface area contributed by atoms with Crippen molar-refractivity contribution in [2.45, 2.75) is 58.5 Å². The van der Waals surface area contributed by atoms with E-state index in [1.807, 2.05) is 0 Å².